The number of hydrogen-bond acceptors (Lipinski definition) is 4. The summed E-state index contributed by atoms with van der Waals surface area (Å²) in [5.41, 5.74) is 11.2. The fourth-order valence-electron chi connectivity index (χ4n) is 0.544. The molecule has 0 bridgehead atoms. The summed E-state index contributed by atoms with van der Waals surface area (Å²) in [5.74, 6) is -0.376. The molecular formula is C8H16N2O2. The molecule has 0 aliphatic heterocycles. The number of nitrogens with two attached hydrogens (primary N) is 2. The Balaban J connectivity index is 3.44. The minimum atomic E-state index is -0.376. The quantitative estimate of drug-likeness (QED) is 0.444. The zero-order valence-corrected chi connectivity index (χ0v) is 7.38. The molecule has 0 amide bonds. The number of carbonyl (C=O) groups excluding carboxylic acids is 1. The van der Waals surface area contributed by atoms with E-state index in [9.17, 15) is 4.79 Å². The van der Waals surface area contributed by atoms with E-state index in [1.165, 1.54) is 0 Å². The monoisotopic (exact) mass is 172 g/mol. The predicted molar refractivity (Wildman–Crippen MR) is 47.4 cm³/mol. The van der Waals surface area contributed by atoms with Gasteiger partial charge in [0.2, 0.25) is 0 Å². The van der Waals surface area contributed by atoms with Gasteiger partial charge in [0, 0.05) is 18.2 Å². The third-order valence-electron chi connectivity index (χ3n) is 1.37. The fourth-order valence-corrected chi connectivity index (χ4v) is 0.544. The van der Waals surface area contributed by atoms with Crippen molar-refractivity contribution >= 4 is 5.97 Å². The SMILES string of the molecule is C=C(C)C(=O)OCCC(N)CN. The summed E-state index contributed by atoms with van der Waals surface area (Å²) in [7, 11) is 0. The summed E-state index contributed by atoms with van der Waals surface area (Å²) >= 11 is 0. The van der Waals surface area contributed by atoms with E-state index in [-0.39, 0.29) is 12.0 Å². The Morgan fingerprint density at radius 3 is 2.67 bits per heavy atom. The highest BCUT2D eigenvalue weighted by Gasteiger charge is 2.04. The van der Waals surface area contributed by atoms with Gasteiger partial charge in [0.25, 0.3) is 0 Å². The third-order valence-corrected chi connectivity index (χ3v) is 1.37. The van der Waals surface area contributed by atoms with Gasteiger partial charge in [-0.15, -0.1) is 0 Å². The third kappa shape index (κ3) is 4.87. The van der Waals surface area contributed by atoms with Crippen LogP contribution in [-0.4, -0.2) is 25.2 Å². The fraction of sp³-hybridized carbons (Fsp3) is 0.625. The van der Waals surface area contributed by atoms with Crippen molar-refractivity contribution in [3.63, 3.8) is 0 Å². The second-order valence-electron chi connectivity index (χ2n) is 2.70. The Morgan fingerprint density at radius 2 is 2.25 bits per heavy atom. The maximum atomic E-state index is 10.8. The lowest BCUT2D eigenvalue weighted by molar-refractivity contribution is -0.139. The van der Waals surface area contributed by atoms with E-state index in [0.29, 0.717) is 25.1 Å². The molecule has 0 aromatic carbocycles. The molecule has 0 heterocycles. The lowest BCUT2D eigenvalue weighted by Gasteiger charge is -2.08. The van der Waals surface area contributed by atoms with Gasteiger partial charge in [0.15, 0.2) is 0 Å². The summed E-state index contributed by atoms with van der Waals surface area (Å²) in [4.78, 5) is 10.8. The molecule has 4 nitrogen and oxygen atoms in total. The first-order valence-corrected chi connectivity index (χ1v) is 3.86. The lowest BCUT2D eigenvalue weighted by atomic mass is 10.2. The Kier molecular flexibility index (Phi) is 5.32. The smallest absolute Gasteiger partial charge is 0.333 e. The molecule has 0 saturated carbocycles. The van der Waals surface area contributed by atoms with Crippen LogP contribution >= 0.6 is 0 Å². The number of carbonyl (C=O) groups is 1. The van der Waals surface area contributed by atoms with E-state index >= 15 is 0 Å². The van der Waals surface area contributed by atoms with E-state index in [2.05, 4.69) is 6.58 Å². The van der Waals surface area contributed by atoms with Crippen LogP contribution in [-0.2, 0) is 9.53 Å². The van der Waals surface area contributed by atoms with Crippen molar-refractivity contribution < 1.29 is 9.53 Å². The zero-order valence-electron chi connectivity index (χ0n) is 7.38. The Bertz CT molecular complexity index is 168. The van der Waals surface area contributed by atoms with Gasteiger partial charge in [-0.25, -0.2) is 4.79 Å². The minimum absolute atomic E-state index is 0.0945. The Labute approximate surface area is 72.6 Å². The molecule has 0 saturated heterocycles. The van der Waals surface area contributed by atoms with Gasteiger partial charge in [-0.05, 0) is 13.3 Å². The molecule has 4 N–H and O–H groups in total. The Hall–Kier alpha value is -0.870. The van der Waals surface area contributed by atoms with Crippen molar-refractivity contribution in [2.24, 2.45) is 11.5 Å². The van der Waals surface area contributed by atoms with Crippen LogP contribution in [0.25, 0.3) is 0 Å². The summed E-state index contributed by atoms with van der Waals surface area (Å²) in [5, 5.41) is 0. The number of hydrogen-bond donors (Lipinski definition) is 2. The van der Waals surface area contributed by atoms with Crippen LogP contribution in [0.3, 0.4) is 0 Å². The normalized spacial score (nSPS) is 12.2. The molecule has 0 fully saturated rings. The van der Waals surface area contributed by atoms with Crippen LogP contribution in [0.5, 0.6) is 0 Å². The van der Waals surface area contributed by atoms with Crippen molar-refractivity contribution in [1.29, 1.82) is 0 Å². The van der Waals surface area contributed by atoms with Crippen molar-refractivity contribution in [3.8, 4) is 0 Å². The van der Waals surface area contributed by atoms with Crippen molar-refractivity contribution in [2.45, 2.75) is 19.4 Å². The van der Waals surface area contributed by atoms with Crippen molar-refractivity contribution in [1.82, 2.24) is 0 Å². The van der Waals surface area contributed by atoms with Gasteiger partial charge in [-0.2, -0.15) is 0 Å². The first kappa shape index (κ1) is 11.1. The van der Waals surface area contributed by atoms with Gasteiger partial charge in [0.05, 0.1) is 6.61 Å². The van der Waals surface area contributed by atoms with Crippen LogP contribution < -0.4 is 11.5 Å². The molecule has 0 aliphatic carbocycles. The summed E-state index contributed by atoms with van der Waals surface area (Å²) in [6.07, 6.45) is 0.593. The number of ether oxygens (including phenoxy) is 1. The molecule has 0 aromatic heterocycles. The molecule has 1 atom stereocenters. The molecule has 0 aliphatic rings. The van der Waals surface area contributed by atoms with Crippen LogP contribution in [0.2, 0.25) is 0 Å². The second-order valence-corrected chi connectivity index (χ2v) is 2.70. The van der Waals surface area contributed by atoms with Gasteiger partial charge >= 0.3 is 5.97 Å². The molecule has 4 heteroatoms. The van der Waals surface area contributed by atoms with Gasteiger partial charge < -0.3 is 16.2 Å². The van der Waals surface area contributed by atoms with E-state index in [1.54, 1.807) is 6.92 Å². The summed E-state index contributed by atoms with van der Waals surface area (Å²) in [6.45, 7) is 5.76. The number of esters is 1. The topological polar surface area (TPSA) is 78.3 Å². The van der Waals surface area contributed by atoms with Crippen LogP contribution in [0.1, 0.15) is 13.3 Å². The van der Waals surface area contributed by atoms with E-state index in [4.69, 9.17) is 16.2 Å². The highest BCUT2D eigenvalue weighted by Crippen LogP contribution is 1.94. The molecule has 1 unspecified atom stereocenters. The van der Waals surface area contributed by atoms with Crippen molar-refractivity contribution in [3.05, 3.63) is 12.2 Å². The molecule has 0 spiro atoms. The molecule has 0 radical (unpaired) electrons. The predicted octanol–water partition coefficient (Wildman–Crippen LogP) is -0.218. The molecule has 0 aromatic rings. The van der Waals surface area contributed by atoms with E-state index in [0.717, 1.165) is 0 Å². The van der Waals surface area contributed by atoms with Crippen LogP contribution in [0.4, 0.5) is 0 Å². The molecule has 12 heavy (non-hydrogen) atoms. The first-order valence-electron chi connectivity index (χ1n) is 3.86. The van der Waals surface area contributed by atoms with Gasteiger partial charge in [0.1, 0.15) is 0 Å². The standard InChI is InChI=1S/C8H16N2O2/c1-6(2)8(11)12-4-3-7(10)5-9/h7H,1,3-5,9-10H2,2H3. The molecule has 0 rings (SSSR count). The lowest BCUT2D eigenvalue weighted by Crippen LogP contribution is -2.31. The highest BCUT2D eigenvalue weighted by molar-refractivity contribution is 5.86. The number of rotatable bonds is 5. The summed E-state index contributed by atoms with van der Waals surface area (Å²) in [6, 6.07) is -0.0945. The zero-order chi connectivity index (χ0) is 9.56. The molecule has 70 valence electrons. The first-order chi connectivity index (χ1) is 5.57. The Morgan fingerprint density at radius 1 is 1.67 bits per heavy atom. The maximum Gasteiger partial charge on any atom is 0.333 e. The minimum Gasteiger partial charge on any atom is -0.462 e. The second kappa shape index (κ2) is 5.74. The molecular weight excluding hydrogens is 156 g/mol. The van der Waals surface area contributed by atoms with E-state index in [1.807, 2.05) is 0 Å². The average Bonchev–Trinajstić information content (AvgIpc) is 2.03. The largest absolute Gasteiger partial charge is 0.462 e. The summed E-state index contributed by atoms with van der Waals surface area (Å²) < 4.78 is 4.80. The van der Waals surface area contributed by atoms with Crippen molar-refractivity contribution in [2.75, 3.05) is 13.2 Å². The van der Waals surface area contributed by atoms with Crippen LogP contribution in [0, 0.1) is 0 Å². The maximum absolute atomic E-state index is 10.8. The highest BCUT2D eigenvalue weighted by atomic mass is 16.5. The van der Waals surface area contributed by atoms with Crippen LogP contribution in [0.15, 0.2) is 12.2 Å². The van der Waals surface area contributed by atoms with Gasteiger partial charge in [-0.3, -0.25) is 0 Å². The van der Waals surface area contributed by atoms with E-state index < -0.39 is 0 Å². The van der Waals surface area contributed by atoms with Gasteiger partial charge in [-0.1, -0.05) is 6.58 Å². The average molecular weight is 172 g/mol.